The molecule has 90 valence electrons. The highest BCUT2D eigenvalue weighted by Gasteiger charge is 2.31. The van der Waals surface area contributed by atoms with Gasteiger partial charge in [0.05, 0.1) is 6.26 Å². The van der Waals surface area contributed by atoms with E-state index in [1.165, 1.54) is 19.4 Å². The molecule has 0 aromatic carbocycles. The molecule has 1 aliphatic rings. The lowest BCUT2D eigenvalue weighted by molar-refractivity contribution is 0.291. The van der Waals surface area contributed by atoms with Crippen LogP contribution in [0.25, 0.3) is 0 Å². The Morgan fingerprint density at radius 3 is 3.12 bits per heavy atom. The highest BCUT2D eigenvalue weighted by Crippen LogP contribution is 2.28. The first kappa shape index (κ1) is 11.7. The third-order valence-electron chi connectivity index (χ3n) is 3.71. The average molecular weight is 222 g/mol. The van der Waals surface area contributed by atoms with E-state index < -0.39 is 0 Å². The van der Waals surface area contributed by atoms with Gasteiger partial charge in [0.2, 0.25) is 0 Å². The molecule has 1 unspecified atom stereocenters. The van der Waals surface area contributed by atoms with Crippen molar-refractivity contribution >= 4 is 0 Å². The Kier molecular flexibility index (Phi) is 4.02. The van der Waals surface area contributed by atoms with E-state index in [0.717, 1.165) is 31.8 Å². The summed E-state index contributed by atoms with van der Waals surface area (Å²) >= 11 is 0. The number of nitrogens with one attached hydrogen (secondary N) is 2. The van der Waals surface area contributed by atoms with Crippen molar-refractivity contribution in [1.29, 1.82) is 0 Å². The summed E-state index contributed by atoms with van der Waals surface area (Å²) in [5, 5.41) is 7.02. The quantitative estimate of drug-likeness (QED) is 0.721. The first-order valence-electron chi connectivity index (χ1n) is 6.28. The van der Waals surface area contributed by atoms with Crippen LogP contribution in [-0.2, 0) is 6.42 Å². The summed E-state index contributed by atoms with van der Waals surface area (Å²) < 4.78 is 5.30. The van der Waals surface area contributed by atoms with Crippen molar-refractivity contribution in [1.82, 2.24) is 10.6 Å². The largest absolute Gasteiger partial charge is 0.469 e. The van der Waals surface area contributed by atoms with Gasteiger partial charge in [0.25, 0.3) is 0 Å². The lowest BCUT2D eigenvalue weighted by atomic mass is 9.84. The van der Waals surface area contributed by atoms with Gasteiger partial charge in [-0.05, 0) is 36.9 Å². The summed E-state index contributed by atoms with van der Waals surface area (Å²) in [5.74, 6) is 1.07. The zero-order valence-corrected chi connectivity index (χ0v) is 10.1. The average Bonchev–Trinajstić information content (AvgIpc) is 2.97. The summed E-state index contributed by atoms with van der Waals surface area (Å²) in [5.41, 5.74) is 0.489. The molecule has 1 aromatic heterocycles. The van der Waals surface area contributed by atoms with Crippen molar-refractivity contribution in [2.75, 3.05) is 26.2 Å². The van der Waals surface area contributed by atoms with Crippen molar-refractivity contribution in [2.45, 2.75) is 26.2 Å². The molecule has 0 saturated carbocycles. The molecule has 0 spiro atoms. The van der Waals surface area contributed by atoms with Crippen LogP contribution >= 0.6 is 0 Å². The molecule has 3 nitrogen and oxygen atoms in total. The molecule has 1 atom stereocenters. The predicted molar refractivity (Wildman–Crippen MR) is 65.5 cm³/mol. The fraction of sp³-hybridized carbons (Fsp3) is 0.692. The summed E-state index contributed by atoms with van der Waals surface area (Å²) in [6, 6.07) is 3.98. The molecule has 1 fully saturated rings. The second-order valence-electron chi connectivity index (χ2n) is 4.79. The van der Waals surface area contributed by atoms with Crippen LogP contribution in [0.5, 0.6) is 0 Å². The van der Waals surface area contributed by atoms with Gasteiger partial charge in [0.1, 0.15) is 5.76 Å². The fourth-order valence-corrected chi connectivity index (χ4v) is 2.39. The maximum atomic E-state index is 5.30. The van der Waals surface area contributed by atoms with Gasteiger partial charge in [0.15, 0.2) is 0 Å². The Labute approximate surface area is 97.6 Å². The molecule has 0 radical (unpaired) electrons. The van der Waals surface area contributed by atoms with E-state index in [9.17, 15) is 0 Å². The summed E-state index contributed by atoms with van der Waals surface area (Å²) in [4.78, 5) is 0. The van der Waals surface area contributed by atoms with Gasteiger partial charge in [-0.2, -0.15) is 0 Å². The minimum atomic E-state index is 0.489. The monoisotopic (exact) mass is 222 g/mol. The Hall–Kier alpha value is -0.800. The van der Waals surface area contributed by atoms with Crippen LogP contribution in [0.15, 0.2) is 22.8 Å². The van der Waals surface area contributed by atoms with Crippen molar-refractivity contribution in [3.8, 4) is 0 Å². The van der Waals surface area contributed by atoms with E-state index in [0.29, 0.717) is 5.41 Å². The number of furan rings is 1. The molecule has 1 saturated heterocycles. The first-order valence-corrected chi connectivity index (χ1v) is 6.28. The SMILES string of the molecule is CCC1(CNCCc2ccco2)CCNC1. The van der Waals surface area contributed by atoms with Crippen LogP contribution in [-0.4, -0.2) is 26.2 Å². The highest BCUT2D eigenvalue weighted by atomic mass is 16.3. The van der Waals surface area contributed by atoms with E-state index in [2.05, 4.69) is 17.6 Å². The van der Waals surface area contributed by atoms with Gasteiger partial charge in [-0.1, -0.05) is 6.92 Å². The molecule has 2 N–H and O–H groups in total. The van der Waals surface area contributed by atoms with Crippen molar-refractivity contribution in [3.05, 3.63) is 24.2 Å². The zero-order valence-electron chi connectivity index (χ0n) is 10.1. The molecular weight excluding hydrogens is 200 g/mol. The molecule has 2 rings (SSSR count). The van der Waals surface area contributed by atoms with Gasteiger partial charge < -0.3 is 15.1 Å². The lowest BCUT2D eigenvalue weighted by Crippen LogP contribution is -2.36. The lowest BCUT2D eigenvalue weighted by Gasteiger charge is -2.26. The molecule has 0 bridgehead atoms. The number of rotatable bonds is 6. The first-order chi connectivity index (χ1) is 7.85. The molecule has 16 heavy (non-hydrogen) atoms. The summed E-state index contributed by atoms with van der Waals surface area (Å²) in [6.07, 6.45) is 5.29. The van der Waals surface area contributed by atoms with Crippen LogP contribution in [0.4, 0.5) is 0 Å². The summed E-state index contributed by atoms with van der Waals surface area (Å²) in [7, 11) is 0. The molecule has 2 heterocycles. The van der Waals surface area contributed by atoms with Gasteiger partial charge >= 0.3 is 0 Å². The Balaban J connectivity index is 1.67. The Morgan fingerprint density at radius 1 is 1.56 bits per heavy atom. The second kappa shape index (κ2) is 5.51. The maximum Gasteiger partial charge on any atom is 0.105 e. The zero-order chi connectivity index (χ0) is 11.3. The third-order valence-corrected chi connectivity index (χ3v) is 3.71. The van der Waals surface area contributed by atoms with Crippen LogP contribution < -0.4 is 10.6 Å². The minimum Gasteiger partial charge on any atom is -0.469 e. The Morgan fingerprint density at radius 2 is 2.50 bits per heavy atom. The van der Waals surface area contributed by atoms with Gasteiger partial charge in [-0.15, -0.1) is 0 Å². The van der Waals surface area contributed by atoms with Crippen LogP contribution in [0, 0.1) is 5.41 Å². The molecule has 0 amide bonds. The molecule has 1 aromatic rings. The minimum absolute atomic E-state index is 0.489. The highest BCUT2D eigenvalue weighted by molar-refractivity contribution is 4.98. The third kappa shape index (κ3) is 2.86. The molecule has 3 heteroatoms. The number of hydrogen-bond acceptors (Lipinski definition) is 3. The van der Waals surface area contributed by atoms with Crippen molar-refractivity contribution in [3.63, 3.8) is 0 Å². The van der Waals surface area contributed by atoms with E-state index in [1.54, 1.807) is 6.26 Å². The smallest absolute Gasteiger partial charge is 0.105 e. The van der Waals surface area contributed by atoms with Crippen LogP contribution in [0.1, 0.15) is 25.5 Å². The fourth-order valence-electron chi connectivity index (χ4n) is 2.39. The number of hydrogen-bond donors (Lipinski definition) is 2. The van der Waals surface area contributed by atoms with E-state index in [-0.39, 0.29) is 0 Å². The normalized spacial score (nSPS) is 25.1. The van der Waals surface area contributed by atoms with Gasteiger partial charge in [0, 0.05) is 26.1 Å². The van der Waals surface area contributed by atoms with E-state index in [4.69, 9.17) is 4.42 Å². The Bertz CT molecular complexity index is 289. The molecule has 0 aliphatic carbocycles. The van der Waals surface area contributed by atoms with Crippen molar-refractivity contribution in [2.24, 2.45) is 5.41 Å². The van der Waals surface area contributed by atoms with E-state index in [1.807, 2.05) is 12.1 Å². The van der Waals surface area contributed by atoms with Crippen LogP contribution in [0.2, 0.25) is 0 Å². The topological polar surface area (TPSA) is 37.2 Å². The summed E-state index contributed by atoms with van der Waals surface area (Å²) in [6.45, 7) is 6.76. The van der Waals surface area contributed by atoms with Crippen molar-refractivity contribution < 1.29 is 4.42 Å². The van der Waals surface area contributed by atoms with Gasteiger partial charge in [-0.25, -0.2) is 0 Å². The van der Waals surface area contributed by atoms with Gasteiger partial charge in [-0.3, -0.25) is 0 Å². The molecular formula is C13H22N2O. The predicted octanol–water partition coefficient (Wildman–Crippen LogP) is 1.80. The maximum absolute atomic E-state index is 5.30. The molecule has 1 aliphatic heterocycles. The standard InChI is InChI=1S/C13H22N2O/c1-2-13(6-8-15-11-13)10-14-7-5-12-4-3-9-16-12/h3-4,9,14-15H,2,5-8,10-11H2,1H3. The van der Waals surface area contributed by atoms with Crippen LogP contribution in [0.3, 0.4) is 0 Å². The second-order valence-corrected chi connectivity index (χ2v) is 4.79. The van der Waals surface area contributed by atoms with E-state index >= 15 is 0 Å².